The number of primary sulfonamides is 1. The van der Waals surface area contributed by atoms with Crippen LogP contribution in [0.2, 0.25) is 0 Å². The number of nitrogens with one attached hydrogen (secondary N) is 1. The first-order valence-electron chi connectivity index (χ1n) is 11.3. The van der Waals surface area contributed by atoms with E-state index in [9.17, 15) is 34.8 Å². The van der Waals surface area contributed by atoms with Crippen molar-refractivity contribution in [2.75, 3.05) is 21.9 Å². The molecular formula is C25H26F3N5O5S2. The molecule has 0 spiro atoms. The van der Waals surface area contributed by atoms with Gasteiger partial charge in [0, 0.05) is 24.8 Å². The molecule has 0 heterocycles. The number of anilines is 3. The van der Waals surface area contributed by atoms with E-state index >= 15 is 0 Å². The number of benzene rings is 3. The summed E-state index contributed by atoms with van der Waals surface area (Å²) in [5, 5.41) is 16.3. The number of nitrogens with two attached hydrogens (primary N) is 2. The number of carbonyl (C=O) groups is 1. The molecule has 15 heteroatoms. The third kappa shape index (κ3) is 8.43. The second-order valence-electron chi connectivity index (χ2n) is 8.27. The Morgan fingerprint density at radius 1 is 1.02 bits per heavy atom. The molecule has 0 atom stereocenters. The van der Waals surface area contributed by atoms with E-state index < -0.39 is 42.4 Å². The minimum absolute atomic E-state index is 0.0804. The Morgan fingerprint density at radius 3 is 2.20 bits per heavy atom. The van der Waals surface area contributed by atoms with Crippen LogP contribution in [0.3, 0.4) is 0 Å². The smallest absolute Gasteiger partial charge is 0.398 e. The highest BCUT2D eigenvalue weighted by molar-refractivity contribution is 7.92. The molecule has 3 aromatic carbocycles. The van der Waals surface area contributed by atoms with E-state index in [1.165, 1.54) is 37.3 Å². The molecular weight excluding hydrogens is 571 g/mol. The van der Waals surface area contributed by atoms with Gasteiger partial charge in [0.15, 0.2) is 0 Å². The van der Waals surface area contributed by atoms with E-state index in [2.05, 4.69) is 5.32 Å². The molecule has 0 radical (unpaired) electrons. The van der Waals surface area contributed by atoms with Crippen molar-refractivity contribution in [1.82, 2.24) is 0 Å². The van der Waals surface area contributed by atoms with Gasteiger partial charge in [-0.3, -0.25) is 9.10 Å². The molecule has 1 amide bonds. The number of nitriles is 1. The summed E-state index contributed by atoms with van der Waals surface area (Å²) in [7, 11) is -7.99. The molecule has 0 aliphatic heterocycles. The van der Waals surface area contributed by atoms with E-state index in [0.29, 0.717) is 17.3 Å². The number of amides is 1. The van der Waals surface area contributed by atoms with Crippen LogP contribution in [0.5, 0.6) is 0 Å². The van der Waals surface area contributed by atoms with Gasteiger partial charge in [0.05, 0.1) is 33.5 Å². The number of hydrogen-bond donors (Lipinski definition) is 3. The first-order chi connectivity index (χ1) is 18.5. The maximum atomic E-state index is 13.1. The Kier molecular flexibility index (Phi) is 10.3. The SMILES string of the molecule is CC(=O)Nc1cccc(N(CCC#N)S(=O)(=O)c2ccc(N)c(C(F)(F)F)c2)c1.Cc1ccccc1S(N)(=O)=O. The van der Waals surface area contributed by atoms with Crippen molar-refractivity contribution < 1.29 is 34.8 Å². The lowest BCUT2D eigenvalue weighted by molar-refractivity contribution is -0.137. The molecule has 10 nitrogen and oxygen atoms in total. The van der Waals surface area contributed by atoms with Gasteiger partial charge in [-0.25, -0.2) is 22.0 Å². The van der Waals surface area contributed by atoms with Crippen molar-refractivity contribution in [2.45, 2.75) is 36.2 Å². The van der Waals surface area contributed by atoms with Crippen LogP contribution in [-0.2, 0) is 31.0 Å². The third-order valence-corrected chi connectivity index (χ3v) is 8.09. The van der Waals surface area contributed by atoms with E-state index in [0.717, 1.165) is 16.4 Å². The normalized spacial score (nSPS) is 11.5. The van der Waals surface area contributed by atoms with Gasteiger partial charge in [0.2, 0.25) is 15.9 Å². The zero-order chi connectivity index (χ0) is 30.3. The van der Waals surface area contributed by atoms with Crippen molar-refractivity contribution in [3.8, 4) is 6.07 Å². The van der Waals surface area contributed by atoms with Crippen LogP contribution in [0.4, 0.5) is 30.2 Å². The topological polar surface area (TPSA) is 176 Å². The Hall–Kier alpha value is -4.13. The Bertz CT molecular complexity index is 1640. The van der Waals surface area contributed by atoms with Gasteiger partial charge in [0.25, 0.3) is 10.0 Å². The highest BCUT2D eigenvalue weighted by Crippen LogP contribution is 2.36. The molecule has 0 fully saturated rings. The fourth-order valence-electron chi connectivity index (χ4n) is 3.43. The number of carbonyl (C=O) groups excluding carboxylic acids is 1. The molecule has 3 rings (SSSR count). The summed E-state index contributed by atoms with van der Waals surface area (Å²) in [5.41, 5.74) is 4.51. The lowest BCUT2D eigenvalue weighted by Crippen LogP contribution is -2.32. The second-order valence-corrected chi connectivity index (χ2v) is 11.7. The summed E-state index contributed by atoms with van der Waals surface area (Å²) in [6.45, 7) is 2.68. The first kappa shape index (κ1) is 32.1. The number of halogens is 3. The van der Waals surface area contributed by atoms with Gasteiger partial charge in [-0.2, -0.15) is 18.4 Å². The van der Waals surface area contributed by atoms with Gasteiger partial charge >= 0.3 is 6.18 Å². The van der Waals surface area contributed by atoms with E-state index in [1.807, 2.05) is 6.07 Å². The third-order valence-electron chi connectivity index (χ3n) is 5.20. The van der Waals surface area contributed by atoms with Crippen LogP contribution in [0, 0.1) is 18.3 Å². The summed E-state index contributed by atoms with van der Waals surface area (Å²) in [5.74, 6) is -0.387. The lowest BCUT2D eigenvalue weighted by Gasteiger charge is -2.25. The standard InChI is InChI=1S/C18H17F3N4O3S.C7H9NO2S/c1-12(26)24-13-4-2-5-14(10-13)25(9-3-8-22)29(27,28)15-6-7-17(23)16(11-15)18(19,20)21;1-6-4-2-3-5-7(6)11(8,9)10/h2,4-7,10-11H,3,9,23H2,1H3,(H,24,26);2-5H,1H3,(H2,8,9,10). The summed E-state index contributed by atoms with van der Waals surface area (Å²) in [6.07, 6.45) is -5.04. The van der Waals surface area contributed by atoms with Gasteiger partial charge < -0.3 is 11.1 Å². The largest absolute Gasteiger partial charge is 0.418 e. The Morgan fingerprint density at radius 2 is 1.68 bits per heavy atom. The summed E-state index contributed by atoms with van der Waals surface area (Å²) >= 11 is 0. The predicted octanol–water partition coefficient (Wildman–Crippen LogP) is 4.00. The number of nitrogens with zero attached hydrogens (tertiary/aromatic N) is 2. The van der Waals surface area contributed by atoms with E-state index in [1.54, 1.807) is 25.1 Å². The number of nitrogen functional groups attached to an aromatic ring is 1. The van der Waals surface area contributed by atoms with Crippen molar-refractivity contribution in [1.29, 1.82) is 5.26 Å². The molecule has 0 aliphatic carbocycles. The fourth-order valence-corrected chi connectivity index (χ4v) is 5.69. The Labute approximate surface area is 230 Å². The van der Waals surface area contributed by atoms with Crippen LogP contribution in [0.15, 0.2) is 76.5 Å². The van der Waals surface area contributed by atoms with Crippen LogP contribution in [0.1, 0.15) is 24.5 Å². The molecule has 0 bridgehead atoms. The predicted molar refractivity (Wildman–Crippen MR) is 144 cm³/mol. The van der Waals surface area contributed by atoms with Crippen molar-refractivity contribution in [2.24, 2.45) is 5.14 Å². The quantitative estimate of drug-likeness (QED) is 0.345. The van der Waals surface area contributed by atoms with Gasteiger partial charge in [-0.05, 0) is 55.0 Å². The second kappa shape index (κ2) is 12.8. The average Bonchev–Trinajstić information content (AvgIpc) is 2.83. The number of hydrogen-bond acceptors (Lipinski definition) is 7. The summed E-state index contributed by atoms with van der Waals surface area (Å²) in [4.78, 5) is 10.8. The van der Waals surface area contributed by atoms with E-state index in [-0.39, 0.29) is 29.5 Å². The number of sulfonamides is 2. The number of aryl methyl sites for hydroxylation is 1. The molecule has 214 valence electrons. The maximum Gasteiger partial charge on any atom is 0.418 e. The first-order valence-corrected chi connectivity index (χ1v) is 14.3. The van der Waals surface area contributed by atoms with Crippen molar-refractivity contribution in [3.63, 3.8) is 0 Å². The molecule has 0 saturated carbocycles. The zero-order valence-electron chi connectivity index (χ0n) is 21.3. The number of alkyl halides is 3. The maximum absolute atomic E-state index is 13.1. The van der Waals surface area contributed by atoms with E-state index in [4.69, 9.17) is 16.1 Å². The minimum Gasteiger partial charge on any atom is -0.398 e. The van der Waals surface area contributed by atoms with Gasteiger partial charge in [-0.15, -0.1) is 0 Å². The molecule has 0 aromatic heterocycles. The van der Waals surface area contributed by atoms with Crippen molar-refractivity contribution >= 4 is 43.0 Å². The molecule has 40 heavy (non-hydrogen) atoms. The molecule has 3 aromatic rings. The van der Waals surface area contributed by atoms with Crippen LogP contribution >= 0.6 is 0 Å². The van der Waals surface area contributed by atoms with Crippen LogP contribution in [0.25, 0.3) is 0 Å². The number of rotatable bonds is 7. The summed E-state index contributed by atoms with van der Waals surface area (Å²) in [6, 6.07) is 16.5. The van der Waals surface area contributed by atoms with Gasteiger partial charge in [0.1, 0.15) is 0 Å². The molecule has 5 N–H and O–H groups in total. The molecule has 0 unspecified atom stereocenters. The average molecular weight is 598 g/mol. The molecule has 0 aliphatic rings. The highest BCUT2D eigenvalue weighted by Gasteiger charge is 2.35. The summed E-state index contributed by atoms with van der Waals surface area (Å²) < 4.78 is 88.1. The highest BCUT2D eigenvalue weighted by atomic mass is 32.2. The lowest BCUT2D eigenvalue weighted by atomic mass is 10.2. The Balaban J connectivity index is 0.000000425. The van der Waals surface area contributed by atoms with Crippen molar-refractivity contribution in [3.05, 3.63) is 77.9 Å². The van der Waals surface area contributed by atoms with Crippen LogP contribution in [-0.4, -0.2) is 29.3 Å². The van der Waals surface area contributed by atoms with Crippen LogP contribution < -0.4 is 20.5 Å². The molecule has 0 saturated heterocycles. The fraction of sp³-hybridized carbons (Fsp3) is 0.200. The minimum atomic E-state index is -4.83. The monoisotopic (exact) mass is 597 g/mol. The van der Waals surface area contributed by atoms with Gasteiger partial charge in [-0.1, -0.05) is 24.3 Å². The zero-order valence-corrected chi connectivity index (χ0v) is 22.9.